The van der Waals surface area contributed by atoms with Crippen LogP contribution in [0.4, 0.5) is 11.4 Å². The van der Waals surface area contributed by atoms with Crippen molar-refractivity contribution in [3.8, 4) is 0 Å². The molecule has 1 fully saturated rings. The smallest absolute Gasteiger partial charge is 0.292 e. The molecule has 0 aromatic heterocycles. The fraction of sp³-hybridized carbons (Fsp3) is 0.500. The fourth-order valence-corrected chi connectivity index (χ4v) is 4.33. The van der Waals surface area contributed by atoms with E-state index in [9.17, 15) is 23.3 Å². The number of amides is 1. The zero-order valence-electron chi connectivity index (χ0n) is 12.5. The number of carbonyl (C=O) groups excluding carboxylic acids is 1. The maximum Gasteiger partial charge on any atom is 0.292 e. The van der Waals surface area contributed by atoms with E-state index in [-0.39, 0.29) is 42.0 Å². The number of hydrogen-bond donors (Lipinski definition) is 2. The Kier molecular flexibility index (Phi) is 5.54. The second-order valence-corrected chi connectivity index (χ2v) is 7.75. The van der Waals surface area contributed by atoms with Crippen LogP contribution >= 0.6 is 0 Å². The Hall–Kier alpha value is -2.16. The normalized spacial score (nSPS) is 19.2. The molecule has 9 heteroatoms. The second kappa shape index (κ2) is 7.40. The summed E-state index contributed by atoms with van der Waals surface area (Å²) in [6.45, 7) is 0.614. The summed E-state index contributed by atoms with van der Waals surface area (Å²) in [6, 6.07) is 6.23. The lowest BCUT2D eigenvalue weighted by molar-refractivity contribution is -0.384. The number of carbonyl (C=O) groups is 1. The molecule has 126 valence electrons. The largest absolute Gasteiger partial charge is 0.379 e. The third-order valence-corrected chi connectivity index (χ3v) is 5.52. The van der Waals surface area contributed by atoms with Crippen molar-refractivity contribution in [2.75, 3.05) is 29.9 Å². The van der Waals surface area contributed by atoms with Crippen LogP contribution in [0.3, 0.4) is 0 Å². The van der Waals surface area contributed by atoms with Crippen LogP contribution in [0.1, 0.15) is 12.8 Å². The predicted molar refractivity (Wildman–Crippen MR) is 86.0 cm³/mol. The van der Waals surface area contributed by atoms with Gasteiger partial charge in [0.2, 0.25) is 5.91 Å². The Balaban J connectivity index is 1.72. The number of nitro benzene ring substituents is 1. The maximum atomic E-state index is 11.7. The highest BCUT2D eigenvalue weighted by Crippen LogP contribution is 2.22. The fourth-order valence-electron chi connectivity index (χ4n) is 2.47. The van der Waals surface area contributed by atoms with Gasteiger partial charge in [0, 0.05) is 25.6 Å². The molecule has 1 aromatic carbocycles. The number of rotatable bonds is 7. The Morgan fingerprint density at radius 2 is 2.09 bits per heavy atom. The molecule has 1 amide bonds. The molecule has 2 N–H and O–H groups in total. The van der Waals surface area contributed by atoms with E-state index < -0.39 is 14.8 Å². The summed E-state index contributed by atoms with van der Waals surface area (Å²) < 4.78 is 22.6. The molecule has 1 aromatic rings. The molecule has 0 aliphatic carbocycles. The molecule has 0 spiro atoms. The number of nitrogens with zero attached hydrogens (tertiary/aromatic N) is 1. The highest BCUT2D eigenvalue weighted by Gasteiger charge is 2.27. The summed E-state index contributed by atoms with van der Waals surface area (Å²) in [5.41, 5.74) is 0.330. The van der Waals surface area contributed by atoms with Gasteiger partial charge >= 0.3 is 0 Å². The van der Waals surface area contributed by atoms with Crippen molar-refractivity contribution in [2.45, 2.75) is 12.8 Å². The minimum atomic E-state index is -2.94. The van der Waals surface area contributed by atoms with Crippen molar-refractivity contribution in [3.63, 3.8) is 0 Å². The van der Waals surface area contributed by atoms with Gasteiger partial charge in [-0.15, -0.1) is 0 Å². The first kappa shape index (κ1) is 17.2. The molecule has 8 nitrogen and oxygen atoms in total. The topological polar surface area (TPSA) is 118 Å². The molecule has 1 aliphatic heterocycles. The average molecular weight is 341 g/mol. The van der Waals surface area contributed by atoms with Crippen LogP contribution < -0.4 is 10.6 Å². The molecular formula is C14H19N3O5S. The Labute approximate surface area is 134 Å². The Bertz CT molecular complexity index is 689. The highest BCUT2D eigenvalue weighted by molar-refractivity contribution is 7.91. The number of anilines is 1. The van der Waals surface area contributed by atoms with E-state index in [1.54, 1.807) is 18.2 Å². The van der Waals surface area contributed by atoms with E-state index in [1.165, 1.54) is 6.07 Å². The molecule has 0 saturated carbocycles. The van der Waals surface area contributed by atoms with Crippen LogP contribution in [0.25, 0.3) is 0 Å². The molecule has 23 heavy (non-hydrogen) atoms. The second-order valence-electron chi connectivity index (χ2n) is 5.52. The van der Waals surface area contributed by atoms with E-state index in [2.05, 4.69) is 10.6 Å². The van der Waals surface area contributed by atoms with Gasteiger partial charge < -0.3 is 10.6 Å². The standard InChI is InChI=1S/C14H19N3O5S/c18-14(16-9-11-6-8-23(21,22)10-11)5-7-15-12-3-1-2-4-13(12)17(19)20/h1-4,11,15H,5-10H2,(H,16,18). The minimum absolute atomic E-state index is 0.0212. The highest BCUT2D eigenvalue weighted by atomic mass is 32.2. The van der Waals surface area contributed by atoms with Gasteiger partial charge in [-0.25, -0.2) is 8.42 Å². The van der Waals surface area contributed by atoms with Crippen LogP contribution in [-0.2, 0) is 14.6 Å². The molecule has 0 bridgehead atoms. The van der Waals surface area contributed by atoms with E-state index in [1.807, 2.05) is 0 Å². The number of sulfone groups is 1. The first-order valence-corrected chi connectivity index (χ1v) is 9.14. The summed E-state index contributed by atoms with van der Waals surface area (Å²) >= 11 is 0. The van der Waals surface area contributed by atoms with Gasteiger partial charge in [-0.05, 0) is 18.4 Å². The van der Waals surface area contributed by atoms with E-state index in [0.717, 1.165) is 0 Å². The lowest BCUT2D eigenvalue weighted by atomic mass is 10.1. The van der Waals surface area contributed by atoms with Crippen molar-refractivity contribution in [1.82, 2.24) is 5.32 Å². The van der Waals surface area contributed by atoms with Crippen LogP contribution in [0.15, 0.2) is 24.3 Å². The summed E-state index contributed by atoms with van der Waals surface area (Å²) in [5.74, 6) is 0.0848. The monoisotopic (exact) mass is 341 g/mol. The van der Waals surface area contributed by atoms with Gasteiger partial charge in [-0.2, -0.15) is 0 Å². The van der Waals surface area contributed by atoms with E-state index >= 15 is 0 Å². The lowest BCUT2D eigenvalue weighted by Gasteiger charge is -2.10. The number of benzene rings is 1. The molecule has 1 saturated heterocycles. The number of para-hydroxylation sites is 2. The third kappa shape index (κ3) is 5.20. The summed E-state index contributed by atoms with van der Waals surface area (Å²) in [4.78, 5) is 22.1. The van der Waals surface area contributed by atoms with Gasteiger partial charge in [0.05, 0.1) is 16.4 Å². The first-order chi connectivity index (χ1) is 10.9. The third-order valence-electron chi connectivity index (χ3n) is 3.68. The van der Waals surface area contributed by atoms with Crippen LogP contribution in [0.2, 0.25) is 0 Å². The van der Waals surface area contributed by atoms with Gasteiger partial charge in [-0.1, -0.05) is 12.1 Å². The predicted octanol–water partition coefficient (Wildman–Crippen LogP) is 0.948. The van der Waals surface area contributed by atoms with Crippen molar-refractivity contribution in [1.29, 1.82) is 0 Å². The number of nitro groups is 1. The zero-order chi connectivity index (χ0) is 16.9. The van der Waals surface area contributed by atoms with Crippen LogP contribution in [-0.4, -0.2) is 43.8 Å². The zero-order valence-corrected chi connectivity index (χ0v) is 13.3. The minimum Gasteiger partial charge on any atom is -0.379 e. The van der Waals surface area contributed by atoms with Gasteiger partial charge in [0.25, 0.3) is 5.69 Å². The van der Waals surface area contributed by atoms with E-state index in [4.69, 9.17) is 0 Å². The van der Waals surface area contributed by atoms with Crippen molar-refractivity contribution >= 4 is 27.1 Å². The summed E-state index contributed by atoms with van der Waals surface area (Å²) in [7, 11) is -2.94. The van der Waals surface area contributed by atoms with Gasteiger partial charge in [0.1, 0.15) is 5.69 Å². The van der Waals surface area contributed by atoms with Crippen LogP contribution in [0.5, 0.6) is 0 Å². The molecule has 1 atom stereocenters. The number of hydrogen-bond acceptors (Lipinski definition) is 6. The number of nitrogens with one attached hydrogen (secondary N) is 2. The molecule has 0 radical (unpaired) electrons. The Morgan fingerprint density at radius 1 is 1.35 bits per heavy atom. The summed E-state index contributed by atoms with van der Waals surface area (Å²) in [6.07, 6.45) is 0.739. The van der Waals surface area contributed by atoms with Crippen LogP contribution in [0, 0.1) is 16.0 Å². The summed E-state index contributed by atoms with van der Waals surface area (Å²) in [5, 5.41) is 16.4. The van der Waals surface area contributed by atoms with Crippen molar-refractivity contribution < 1.29 is 18.1 Å². The first-order valence-electron chi connectivity index (χ1n) is 7.32. The van der Waals surface area contributed by atoms with Crippen molar-refractivity contribution in [2.24, 2.45) is 5.92 Å². The van der Waals surface area contributed by atoms with Gasteiger partial charge in [0.15, 0.2) is 9.84 Å². The molecule has 1 heterocycles. The average Bonchev–Trinajstić information content (AvgIpc) is 2.85. The molecule has 1 aliphatic rings. The quantitative estimate of drug-likeness (QED) is 0.563. The van der Waals surface area contributed by atoms with Gasteiger partial charge in [-0.3, -0.25) is 14.9 Å². The lowest BCUT2D eigenvalue weighted by Crippen LogP contribution is -2.31. The maximum absolute atomic E-state index is 11.7. The Morgan fingerprint density at radius 3 is 2.74 bits per heavy atom. The van der Waals surface area contributed by atoms with E-state index in [0.29, 0.717) is 18.7 Å². The SMILES string of the molecule is O=C(CCNc1ccccc1[N+](=O)[O-])NCC1CCS(=O)(=O)C1. The molecule has 1 unspecified atom stereocenters. The van der Waals surface area contributed by atoms with Crippen molar-refractivity contribution in [3.05, 3.63) is 34.4 Å². The molecular weight excluding hydrogens is 322 g/mol. The molecule has 2 rings (SSSR count).